The first kappa shape index (κ1) is 16.7. The van der Waals surface area contributed by atoms with Crippen molar-refractivity contribution < 1.29 is 9.72 Å². The minimum atomic E-state index is -0.506. The molecule has 1 saturated heterocycles. The molecule has 0 bridgehead atoms. The Morgan fingerprint density at radius 1 is 1.12 bits per heavy atom. The van der Waals surface area contributed by atoms with Gasteiger partial charge in [-0.2, -0.15) is 0 Å². The van der Waals surface area contributed by atoms with Crippen molar-refractivity contribution in [1.29, 1.82) is 0 Å². The smallest absolute Gasteiger partial charge is 0.287 e. The second-order valence-electron chi connectivity index (χ2n) is 5.72. The van der Waals surface area contributed by atoms with E-state index in [0.717, 1.165) is 13.1 Å². The van der Waals surface area contributed by atoms with Crippen molar-refractivity contribution in [3.8, 4) is 0 Å². The van der Waals surface area contributed by atoms with Crippen LogP contribution < -0.4 is 10.2 Å². The van der Waals surface area contributed by atoms with Gasteiger partial charge in [0.25, 0.3) is 5.69 Å². The molecule has 8 heteroatoms. The summed E-state index contributed by atoms with van der Waals surface area (Å²) in [4.78, 5) is 30.4. The van der Waals surface area contributed by atoms with E-state index in [1.54, 1.807) is 0 Å². The van der Waals surface area contributed by atoms with Gasteiger partial charge in [-0.1, -0.05) is 18.2 Å². The molecule has 0 spiro atoms. The molecule has 0 radical (unpaired) electrons. The Kier molecular flexibility index (Phi) is 5.08. The van der Waals surface area contributed by atoms with Crippen molar-refractivity contribution in [3.05, 3.63) is 58.8 Å². The number of piperazine rings is 1. The molecule has 25 heavy (non-hydrogen) atoms. The molecule has 2 aromatic rings. The number of amides is 1. The van der Waals surface area contributed by atoms with Gasteiger partial charge in [0.2, 0.25) is 5.91 Å². The quantitative estimate of drug-likeness (QED) is 0.658. The van der Waals surface area contributed by atoms with E-state index in [1.807, 2.05) is 23.1 Å². The standard InChI is InChI=1S/C17H19N5O3/c23-17(13-19-16-7-6-15(12-18-16)22(24)25)21-10-8-20(9-11-21)14-4-2-1-3-5-14/h1-7,12H,8-11,13H2,(H,18,19). The maximum absolute atomic E-state index is 12.3. The van der Waals surface area contributed by atoms with Gasteiger partial charge in [0.05, 0.1) is 11.5 Å². The van der Waals surface area contributed by atoms with Crippen LogP contribution >= 0.6 is 0 Å². The van der Waals surface area contributed by atoms with E-state index in [4.69, 9.17) is 0 Å². The molecule has 1 N–H and O–H groups in total. The molecule has 0 aliphatic carbocycles. The number of hydrogen-bond acceptors (Lipinski definition) is 6. The number of carbonyl (C=O) groups excluding carboxylic acids is 1. The van der Waals surface area contributed by atoms with Crippen molar-refractivity contribution in [2.45, 2.75) is 0 Å². The van der Waals surface area contributed by atoms with Crippen LogP contribution in [0.3, 0.4) is 0 Å². The highest BCUT2D eigenvalue weighted by Gasteiger charge is 2.21. The van der Waals surface area contributed by atoms with E-state index >= 15 is 0 Å². The number of carbonyl (C=O) groups is 1. The number of rotatable bonds is 5. The molecule has 1 amide bonds. The van der Waals surface area contributed by atoms with Crippen LogP contribution in [0.15, 0.2) is 48.7 Å². The van der Waals surface area contributed by atoms with Crippen molar-refractivity contribution >= 4 is 23.1 Å². The fourth-order valence-electron chi connectivity index (χ4n) is 2.73. The summed E-state index contributed by atoms with van der Waals surface area (Å²) < 4.78 is 0. The van der Waals surface area contributed by atoms with E-state index in [-0.39, 0.29) is 18.1 Å². The first-order chi connectivity index (χ1) is 12.1. The lowest BCUT2D eigenvalue weighted by Crippen LogP contribution is -2.50. The van der Waals surface area contributed by atoms with Crippen LogP contribution in [0.1, 0.15) is 0 Å². The van der Waals surface area contributed by atoms with Crippen LogP contribution in [0.2, 0.25) is 0 Å². The molecule has 1 aliphatic rings. The second kappa shape index (κ2) is 7.61. The van der Waals surface area contributed by atoms with Crippen molar-refractivity contribution in [2.24, 2.45) is 0 Å². The largest absolute Gasteiger partial charge is 0.368 e. The van der Waals surface area contributed by atoms with Gasteiger partial charge in [-0.3, -0.25) is 14.9 Å². The summed E-state index contributed by atoms with van der Waals surface area (Å²) in [7, 11) is 0. The van der Waals surface area contributed by atoms with Gasteiger partial charge in [0.1, 0.15) is 12.0 Å². The van der Waals surface area contributed by atoms with E-state index in [2.05, 4.69) is 27.3 Å². The van der Waals surface area contributed by atoms with Gasteiger partial charge in [-0.25, -0.2) is 4.98 Å². The summed E-state index contributed by atoms with van der Waals surface area (Å²) in [6.45, 7) is 3.05. The Morgan fingerprint density at radius 3 is 2.44 bits per heavy atom. The zero-order chi connectivity index (χ0) is 17.6. The monoisotopic (exact) mass is 341 g/mol. The van der Waals surface area contributed by atoms with Gasteiger partial charge in [0.15, 0.2) is 0 Å². The third-order valence-electron chi connectivity index (χ3n) is 4.13. The van der Waals surface area contributed by atoms with Crippen molar-refractivity contribution in [1.82, 2.24) is 9.88 Å². The third-order valence-corrected chi connectivity index (χ3v) is 4.13. The van der Waals surface area contributed by atoms with Gasteiger partial charge in [-0.15, -0.1) is 0 Å². The SMILES string of the molecule is O=C(CNc1ccc([N+](=O)[O-])cn1)N1CCN(c2ccccc2)CC1. The maximum atomic E-state index is 12.3. The molecule has 0 unspecified atom stereocenters. The zero-order valence-corrected chi connectivity index (χ0v) is 13.7. The highest BCUT2D eigenvalue weighted by molar-refractivity contribution is 5.80. The third kappa shape index (κ3) is 4.23. The minimum absolute atomic E-state index is 0.00661. The number of hydrogen-bond donors (Lipinski definition) is 1. The molecule has 0 saturated carbocycles. The summed E-state index contributed by atoms with van der Waals surface area (Å²) in [6.07, 6.45) is 1.17. The molecule has 1 aromatic carbocycles. The molecule has 3 rings (SSSR count). The summed E-state index contributed by atoms with van der Waals surface area (Å²) in [5.74, 6) is 0.440. The number of aromatic nitrogens is 1. The predicted molar refractivity (Wildman–Crippen MR) is 94.6 cm³/mol. The fraction of sp³-hybridized carbons (Fsp3) is 0.294. The number of pyridine rings is 1. The molecule has 1 aliphatic heterocycles. The first-order valence-corrected chi connectivity index (χ1v) is 8.05. The molecule has 1 fully saturated rings. The average Bonchev–Trinajstić information content (AvgIpc) is 2.67. The van der Waals surface area contributed by atoms with Crippen LogP contribution in [0.4, 0.5) is 17.2 Å². The Morgan fingerprint density at radius 2 is 1.84 bits per heavy atom. The van der Waals surface area contributed by atoms with E-state index in [0.29, 0.717) is 18.9 Å². The number of nitrogens with one attached hydrogen (secondary N) is 1. The number of anilines is 2. The molecule has 1 aromatic heterocycles. The summed E-state index contributed by atoms with van der Waals surface area (Å²) in [5, 5.41) is 13.5. The highest BCUT2D eigenvalue weighted by Crippen LogP contribution is 2.16. The maximum Gasteiger partial charge on any atom is 0.287 e. The Bertz CT molecular complexity index is 728. The molecule has 2 heterocycles. The van der Waals surface area contributed by atoms with Gasteiger partial charge in [-0.05, 0) is 18.2 Å². The number of benzene rings is 1. The van der Waals surface area contributed by atoms with Crippen LogP contribution in [0.5, 0.6) is 0 Å². The molecular weight excluding hydrogens is 322 g/mol. The lowest BCUT2D eigenvalue weighted by Gasteiger charge is -2.36. The normalized spacial score (nSPS) is 14.2. The van der Waals surface area contributed by atoms with E-state index in [1.165, 1.54) is 24.0 Å². The second-order valence-corrected chi connectivity index (χ2v) is 5.72. The van der Waals surface area contributed by atoms with Crippen LogP contribution in [0.25, 0.3) is 0 Å². The Labute approximate surface area is 145 Å². The fourth-order valence-corrected chi connectivity index (χ4v) is 2.73. The Hall–Kier alpha value is -3.16. The lowest BCUT2D eigenvalue weighted by atomic mass is 10.2. The van der Waals surface area contributed by atoms with Crippen LogP contribution in [-0.4, -0.2) is 53.4 Å². The van der Waals surface area contributed by atoms with Crippen LogP contribution in [-0.2, 0) is 4.79 Å². The zero-order valence-electron chi connectivity index (χ0n) is 13.7. The molecule has 0 atom stereocenters. The lowest BCUT2D eigenvalue weighted by molar-refractivity contribution is -0.385. The highest BCUT2D eigenvalue weighted by atomic mass is 16.6. The minimum Gasteiger partial charge on any atom is -0.368 e. The number of nitrogens with zero attached hydrogens (tertiary/aromatic N) is 4. The summed E-state index contributed by atoms with van der Waals surface area (Å²) in [5.41, 5.74) is 1.09. The van der Waals surface area contributed by atoms with Gasteiger partial charge in [0, 0.05) is 37.9 Å². The topological polar surface area (TPSA) is 91.6 Å². The van der Waals surface area contributed by atoms with Crippen molar-refractivity contribution in [2.75, 3.05) is 42.9 Å². The first-order valence-electron chi connectivity index (χ1n) is 8.05. The van der Waals surface area contributed by atoms with Gasteiger partial charge >= 0.3 is 0 Å². The van der Waals surface area contributed by atoms with E-state index in [9.17, 15) is 14.9 Å². The predicted octanol–water partition coefficient (Wildman–Crippen LogP) is 1.75. The van der Waals surface area contributed by atoms with E-state index < -0.39 is 4.92 Å². The van der Waals surface area contributed by atoms with Crippen LogP contribution in [0, 0.1) is 10.1 Å². The summed E-state index contributed by atoms with van der Waals surface area (Å²) >= 11 is 0. The van der Waals surface area contributed by atoms with Gasteiger partial charge < -0.3 is 15.1 Å². The molecule has 130 valence electrons. The number of nitro groups is 1. The average molecular weight is 341 g/mol. The Balaban J connectivity index is 1.47. The molecular formula is C17H19N5O3. The summed E-state index contributed by atoms with van der Waals surface area (Å²) in [6, 6.07) is 13.0. The molecule has 8 nitrogen and oxygen atoms in total. The number of para-hydroxylation sites is 1. The van der Waals surface area contributed by atoms with Crippen molar-refractivity contribution in [3.63, 3.8) is 0 Å².